The number of rotatable bonds is 6. The van der Waals surface area contributed by atoms with E-state index in [0.29, 0.717) is 6.42 Å². The molecule has 0 aliphatic carbocycles. The van der Waals surface area contributed by atoms with E-state index in [2.05, 4.69) is 90.4 Å². The van der Waals surface area contributed by atoms with Crippen LogP contribution >= 0.6 is 0 Å². The number of hydrogen-bond acceptors (Lipinski definition) is 1. The van der Waals surface area contributed by atoms with Crippen LogP contribution in [0.1, 0.15) is 36.5 Å². The van der Waals surface area contributed by atoms with E-state index < -0.39 is 0 Å². The molecule has 5 rings (SSSR count). The number of para-hydroxylation sites is 2. The lowest BCUT2D eigenvalue weighted by atomic mass is 9.99. The lowest BCUT2D eigenvalue weighted by Gasteiger charge is -2.08. The number of unbranched alkanes of at least 4 members (excludes halogenated alkanes) is 1. The molecule has 1 aromatic heterocycles. The van der Waals surface area contributed by atoms with E-state index in [9.17, 15) is 4.79 Å². The highest BCUT2D eigenvalue weighted by Crippen LogP contribution is 2.34. The maximum atomic E-state index is 12.3. The Hall–Kier alpha value is -3.65. The van der Waals surface area contributed by atoms with Crippen LogP contribution in [-0.2, 0) is 0 Å². The molecule has 0 unspecified atom stereocenters. The van der Waals surface area contributed by atoms with Gasteiger partial charge in [-0.15, -0.1) is 0 Å². The van der Waals surface area contributed by atoms with Crippen molar-refractivity contribution in [3.63, 3.8) is 0 Å². The van der Waals surface area contributed by atoms with Crippen molar-refractivity contribution in [3.05, 3.63) is 103 Å². The van der Waals surface area contributed by atoms with Crippen LogP contribution in [0.2, 0.25) is 0 Å². The maximum absolute atomic E-state index is 12.3. The minimum absolute atomic E-state index is 0.231. The first-order chi connectivity index (χ1) is 15.3. The average Bonchev–Trinajstić information content (AvgIpc) is 3.17. The smallest absolute Gasteiger partial charge is 0.162 e. The second-order valence-corrected chi connectivity index (χ2v) is 8.02. The molecule has 0 bridgehead atoms. The van der Waals surface area contributed by atoms with Crippen LogP contribution in [0.15, 0.2) is 97.1 Å². The van der Waals surface area contributed by atoms with Gasteiger partial charge in [-0.3, -0.25) is 4.79 Å². The lowest BCUT2D eigenvalue weighted by molar-refractivity contribution is 0.0980. The van der Waals surface area contributed by atoms with Crippen molar-refractivity contribution in [2.75, 3.05) is 0 Å². The van der Waals surface area contributed by atoms with E-state index in [1.54, 1.807) is 0 Å². The molecule has 1 heterocycles. The van der Waals surface area contributed by atoms with Gasteiger partial charge in [0.1, 0.15) is 0 Å². The third kappa shape index (κ3) is 3.55. The van der Waals surface area contributed by atoms with Crippen LogP contribution in [0.5, 0.6) is 0 Å². The normalized spacial score (nSPS) is 11.3. The Kier molecular flexibility index (Phi) is 5.13. The molecule has 0 saturated carbocycles. The zero-order valence-electron chi connectivity index (χ0n) is 17.7. The first-order valence-electron chi connectivity index (χ1n) is 11.0. The summed E-state index contributed by atoms with van der Waals surface area (Å²) in [5, 5.41) is 2.48. The fourth-order valence-corrected chi connectivity index (χ4v) is 4.34. The van der Waals surface area contributed by atoms with E-state index in [1.807, 2.05) is 18.2 Å². The lowest BCUT2D eigenvalue weighted by Crippen LogP contribution is -1.98. The number of hydrogen-bond donors (Lipinski definition) is 0. The third-order valence-electron chi connectivity index (χ3n) is 5.98. The largest absolute Gasteiger partial charge is 0.309 e. The van der Waals surface area contributed by atoms with Crippen molar-refractivity contribution >= 4 is 27.6 Å². The Bertz CT molecular complexity index is 1360. The van der Waals surface area contributed by atoms with E-state index in [1.165, 1.54) is 21.8 Å². The summed E-state index contributed by atoms with van der Waals surface area (Å²) in [6, 6.07) is 33.8. The number of aromatic nitrogens is 1. The van der Waals surface area contributed by atoms with Crippen LogP contribution < -0.4 is 0 Å². The summed E-state index contributed by atoms with van der Waals surface area (Å²) in [6.07, 6.45) is 2.62. The predicted molar refractivity (Wildman–Crippen MR) is 130 cm³/mol. The number of Topliss-reactive ketones (excluding diaryl/α,β-unsaturated/α-hetero) is 1. The molecule has 2 nitrogen and oxygen atoms in total. The van der Waals surface area contributed by atoms with Gasteiger partial charge >= 0.3 is 0 Å². The predicted octanol–water partition coefficient (Wildman–Crippen LogP) is 7.82. The molecule has 0 aliphatic heterocycles. The van der Waals surface area contributed by atoms with E-state index in [0.717, 1.165) is 35.2 Å². The first kappa shape index (κ1) is 19.3. The fourth-order valence-electron chi connectivity index (χ4n) is 4.34. The quantitative estimate of drug-likeness (QED) is 0.265. The van der Waals surface area contributed by atoms with Crippen molar-refractivity contribution in [2.45, 2.75) is 26.2 Å². The van der Waals surface area contributed by atoms with Crippen LogP contribution in [0.25, 0.3) is 38.6 Å². The maximum Gasteiger partial charge on any atom is 0.162 e. The van der Waals surface area contributed by atoms with Gasteiger partial charge in [0.05, 0.1) is 11.0 Å². The Morgan fingerprint density at radius 1 is 0.710 bits per heavy atom. The molecule has 0 aliphatic rings. The van der Waals surface area contributed by atoms with Crippen LogP contribution in [0.4, 0.5) is 0 Å². The summed E-state index contributed by atoms with van der Waals surface area (Å²) in [5.41, 5.74) is 6.66. The molecule has 0 fully saturated rings. The summed E-state index contributed by atoms with van der Waals surface area (Å²) in [7, 11) is 0. The highest BCUT2D eigenvalue weighted by molar-refractivity contribution is 6.10. The molecule has 0 atom stereocenters. The summed E-state index contributed by atoms with van der Waals surface area (Å²) in [5.74, 6) is 0.231. The summed E-state index contributed by atoms with van der Waals surface area (Å²) >= 11 is 0. The monoisotopic (exact) mass is 403 g/mol. The van der Waals surface area contributed by atoms with Gasteiger partial charge in [-0.2, -0.15) is 0 Å². The molecule has 0 radical (unpaired) electrons. The number of carbonyl (C=O) groups is 1. The molecule has 2 heteroatoms. The molecular formula is C29H25NO. The Balaban J connectivity index is 1.60. The topological polar surface area (TPSA) is 22.0 Å². The second-order valence-electron chi connectivity index (χ2n) is 8.02. The van der Waals surface area contributed by atoms with Gasteiger partial charge in [0, 0.05) is 28.4 Å². The Labute approximate surface area is 182 Å². The van der Waals surface area contributed by atoms with E-state index in [4.69, 9.17) is 0 Å². The summed E-state index contributed by atoms with van der Waals surface area (Å²) < 4.78 is 2.32. The van der Waals surface area contributed by atoms with Crippen molar-refractivity contribution in [2.24, 2.45) is 0 Å². The third-order valence-corrected chi connectivity index (χ3v) is 5.98. The second kappa shape index (κ2) is 8.23. The van der Waals surface area contributed by atoms with Crippen molar-refractivity contribution in [1.29, 1.82) is 0 Å². The molecule has 0 saturated heterocycles. The number of benzene rings is 4. The standard InChI is InChI=1S/C29H25NO/c1-2-3-13-29(31)22-16-14-21(15-17-22)23-18-19-28-26(20-23)25-11-7-8-12-27(25)30(28)24-9-5-4-6-10-24/h4-12,14-20H,2-3,13H2,1H3. The SMILES string of the molecule is CCCCC(=O)c1ccc(-c2ccc3c(c2)c2ccccc2n3-c2ccccc2)cc1. The minimum Gasteiger partial charge on any atom is -0.309 e. The zero-order chi connectivity index (χ0) is 21.2. The van der Waals surface area contributed by atoms with Crippen molar-refractivity contribution in [3.8, 4) is 16.8 Å². The number of fused-ring (bicyclic) bond motifs is 3. The highest BCUT2D eigenvalue weighted by Gasteiger charge is 2.13. The first-order valence-corrected chi connectivity index (χ1v) is 11.0. The Morgan fingerprint density at radius 3 is 2.16 bits per heavy atom. The van der Waals surface area contributed by atoms with Gasteiger partial charge in [0.15, 0.2) is 5.78 Å². The number of nitrogens with zero attached hydrogens (tertiary/aromatic N) is 1. The average molecular weight is 404 g/mol. The van der Waals surface area contributed by atoms with Crippen molar-refractivity contribution < 1.29 is 4.79 Å². The van der Waals surface area contributed by atoms with Crippen LogP contribution in [-0.4, -0.2) is 10.4 Å². The molecule has 31 heavy (non-hydrogen) atoms. The van der Waals surface area contributed by atoms with Crippen molar-refractivity contribution in [1.82, 2.24) is 4.57 Å². The van der Waals surface area contributed by atoms with E-state index >= 15 is 0 Å². The van der Waals surface area contributed by atoms with Gasteiger partial charge in [-0.25, -0.2) is 0 Å². The molecule has 4 aromatic carbocycles. The molecular weight excluding hydrogens is 378 g/mol. The number of ketones is 1. The number of carbonyl (C=O) groups excluding carboxylic acids is 1. The van der Waals surface area contributed by atoms with Gasteiger partial charge in [0.25, 0.3) is 0 Å². The molecule has 0 N–H and O–H groups in total. The van der Waals surface area contributed by atoms with Gasteiger partial charge in [-0.05, 0) is 47.9 Å². The van der Waals surface area contributed by atoms with Crippen LogP contribution in [0, 0.1) is 0 Å². The fraction of sp³-hybridized carbons (Fsp3) is 0.138. The molecule has 152 valence electrons. The van der Waals surface area contributed by atoms with E-state index in [-0.39, 0.29) is 5.78 Å². The highest BCUT2D eigenvalue weighted by atomic mass is 16.1. The minimum atomic E-state index is 0.231. The molecule has 0 amide bonds. The molecule has 5 aromatic rings. The van der Waals surface area contributed by atoms with Gasteiger partial charge < -0.3 is 4.57 Å². The van der Waals surface area contributed by atoms with Gasteiger partial charge in [0.2, 0.25) is 0 Å². The molecule has 0 spiro atoms. The Morgan fingerprint density at radius 2 is 1.39 bits per heavy atom. The van der Waals surface area contributed by atoms with Crippen LogP contribution in [0.3, 0.4) is 0 Å². The van der Waals surface area contributed by atoms with Gasteiger partial charge in [-0.1, -0.05) is 80.1 Å². The zero-order valence-corrected chi connectivity index (χ0v) is 17.7. The summed E-state index contributed by atoms with van der Waals surface area (Å²) in [6.45, 7) is 2.11. The summed E-state index contributed by atoms with van der Waals surface area (Å²) in [4.78, 5) is 12.3.